The quantitative estimate of drug-likeness (QED) is 0.593. The van der Waals surface area contributed by atoms with Gasteiger partial charge in [0.05, 0.1) is 0 Å². The van der Waals surface area contributed by atoms with Crippen LogP contribution >= 0.6 is 11.8 Å². The summed E-state index contributed by atoms with van der Waals surface area (Å²) < 4.78 is 5.71. The van der Waals surface area contributed by atoms with E-state index in [-0.39, 0.29) is 16.8 Å². The van der Waals surface area contributed by atoms with E-state index in [4.69, 9.17) is 4.74 Å². The Morgan fingerprint density at radius 3 is 2.59 bits per heavy atom. The topological polar surface area (TPSA) is 29.6 Å². The van der Waals surface area contributed by atoms with Crippen molar-refractivity contribution in [1.82, 2.24) is 0 Å². The van der Waals surface area contributed by atoms with Crippen molar-refractivity contribution in [1.29, 1.82) is 0 Å². The van der Waals surface area contributed by atoms with Gasteiger partial charge in [-0.2, -0.15) is 0 Å². The second kappa shape index (κ2) is 4.46. The van der Waals surface area contributed by atoms with Gasteiger partial charge in [0.15, 0.2) is 6.10 Å². The van der Waals surface area contributed by atoms with Gasteiger partial charge in [-0.05, 0) is 36.7 Å². The van der Waals surface area contributed by atoms with Gasteiger partial charge in [-0.25, -0.2) is 0 Å². The highest BCUT2D eigenvalue weighted by Crippen LogP contribution is 2.50. The highest BCUT2D eigenvalue weighted by Gasteiger charge is 2.60. The fourth-order valence-corrected chi connectivity index (χ4v) is 3.55. The zero-order valence-corrected chi connectivity index (χ0v) is 10.5. The van der Waals surface area contributed by atoms with Crippen LogP contribution in [0.1, 0.15) is 32.1 Å². The second-order valence-corrected chi connectivity index (χ2v) is 5.94. The van der Waals surface area contributed by atoms with Crippen molar-refractivity contribution >= 4 is 16.9 Å². The molecule has 0 aromatic heterocycles. The van der Waals surface area contributed by atoms with Crippen LogP contribution < -0.4 is 0 Å². The lowest BCUT2D eigenvalue weighted by Gasteiger charge is -2.17. The number of carbonyl (C=O) groups excluding carboxylic acids is 1. The van der Waals surface area contributed by atoms with Crippen molar-refractivity contribution in [2.75, 3.05) is 0 Å². The van der Waals surface area contributed by atoms with Gasteiger partial charge < -0.3 is 4.74 Å². The van der Waals surface area contributed by atoms with Crippen LogP contribution in [-0.2, 0) is 9.53 Å². The van der Waals surface area contributed by atoms with E-state index in [0.717, 1.165) is 17.7 Å². The maximum Gasteiger partial charge on any atom is 0.225 e. The first-order valence-electron chi connectivity index (χ1n) is 6.25. The Labute approximate surface area is 106 Å². The lowest BCUT2D eigenvalue weighted by molar-refractivity contribution is -0.112. The molecule has 2 aliphatic rings. The third-order valence-corrected chi connectivity index (χ3v) is 4.57. The molecule has 1 saturated heterocycles. The zero-order valence-electron chi connectivity index (χ0n) is 9.72. The van der Waals surface area contributed by atoms with Crippen LogP contribution in [0.2, 0.25) is 0 Å². The third-order valence-electron chi connectivity index (χ3n) is 3.65. The summed E-state index contributed by atoms with van der Waals surface area (Å²) >= 11 is 1.32. The first-order chi connectivity index (χ1) is 8.30. The van der Waals surface area contributed by atoms with E-state index in [1.165, 1.54) is 31.0 Å². The fourth-order valence-electron chi connectivity index (χ4n) is 2.65. The van der Waals surface area contributed by atoms with Crippen molar-refractivity contribution in [2.45, 2.75) is 48.7 Å². The first-order valence-corrected chi connectivity index (χ1v) is 7.06. The predicted molar refractivity (Wildman–Crippen MR) is 68.0 cm³/mol. The average molecular weight is 248 g/mol. The summed E-state index contributed by atoms with van der Waals surface area (Å²) in [7, 11) is 0. The van der Waals surface area contributed by atoms with Gasteiger partial charge in [0, 0.05) is 4.90 Å². The highest BCUT2D eigenvalue weighted by atomic mass is 32.2. The van der Waals surface area contributed by atoms with Crippen LogP contribution in [0.3, 0.4) is 0 Å². The number of thioether (sulfide) groups is 1. The highest BCUT2D eigenvalue weighted by molar-refractivity contribution is 8.13. The minimum Gasteiger partial charge on any atom is -0.357 e. The lowest BCUT2D eigenvalue weighted by atomic mass is 9.87. The van der Waals surface area contributed by atoms with Crippen LogP contribution in [0.25, 0.3) is 0 Å². The fraction of sp³-hybridized carbons (Fsp3) is 0.500. The van der Waals surface area contributed by atoms with Crippen LogP contribution in [-0.4, -0.2) is 16.8 Å². The minimum atomic E-state index is -0.145. The Balaban J connectivity index is 1.61. The van der Waals surface area contributed by atoms with E-state index >= 15 is 0 Å². The molecule has 1 aliphatic carbocycles. The van der Waals surface area contributed by atoms with E-state index in [2.05, 4.69) is 0 Å². The molecule has 0 N–H and O–H groups in total. The summed E-state index contributed by atoms with van der Waals surface area (Å²) in [5.74, 6) is 0. The Morgan fingerprint density at radius 2 is 1.88 bits per heavy atom. The molecule has 0 amide bonds. The van der Waals surface area contributed by atoms with Gasteiger partial charge in [0.2, 0.25) is 5.12 Å². The van der Waals surface area contributed by atoms with Crippen LogP contribution in [0.15, 0.2) is 35.2 Å². The molecular formula is C14H16O2S. The summed E-state index contributed by atoms with van der Waals surface area (Å²) in [6, 6.07) is 9.82. The van der Waals surface area contributed by atoms with Crippen molar-refractivity contribution in [2.24, 2.45) is 0 Å². The summed E-state index contributed by atoms with van der Waals surface area (Å²) in [5.41, 5.74) is -0.0723. The van der Waals surface area contributed by atoms with Crippen molar-refractivity contribution in [3.05, 3.63) is 30.3 Å². The van der Waals surface area contributed by atoms with Crippen LogP contribution in [0.4, 0.5) is 0 Å². The first kappa shape index (κ1) is 11.3. The van der Waals surface area contributed by atoms with E-state index in [1.54, 1.807) is 0 Å². The van der Waals surface area contributed by atoms with Crippen LogP contribution in [0, 0.1) is 0 Å². The molecule has 1 spiro atoms. The van der Waals surface area contributed by atoms with Gasteiger partial charge in [0.25, 0.3) is 0 Å². The van der Waals surface area contributed by atoms with Gasteiger partial charge in [-0.15, -0.1) is 0 Å². The molecule has 1 saturated carbocycles. The second-order valence-electron chi connectivity index (χ2n) is 4.86. The summed E-state index contributed by atoms with van der Waals surface area (Å²) in [6.45, 7) is 0. The van der Waals surface area contributed by atoms with E-state index < -0.39 is 0 Å². The molecule has 1 aromatic carbocycles. The monoisotopic (exact) mass is 248 g/mol. The molecule has 90 valence electrons. The van der Waals surface area contributed by atoms with Crippen molar-refractivity contribution < 1.29 is 9.53 Å². The molecule has 1 aromatic rings. The largest absolute Gasteiger partial charge is 0.357 e. The number of epoxide rings is 1. The van der Waals surface area contributed by atoms with Gasteiger partial charge in [-0.3, -0.25) is 4.79 Å². The number of rotatable bonds is 2. The normalized spacial score (nSPS) is 25.8. The maximum absolute atomic E-state index is 12.1. The number of benzene rings is 1. The van der Waals surface area contributed by atoms with E-state index in [0.29, 0.717) is 0 Å². The lowest BCUT2D eigenvalue weighted by Crippen LogP contribution is -2.22. The Bertz CT molecular complexity index is 409. The Morgan fingerprint density at radius 1 is 1.18 bits per heavy atom. The van der Waals surface area contributed by atoms with Gasteiger partial charge in [0.1, 0.15) is 5.60 Å². The Kier molecular flexibility index (Phi) is 2.97. The average Bonchev–Trinajstić information content (AvgIpc) is 3.05. The Hall–Kier alpha value is -0.800. The summed E-state index contributed by atoms with van der Waals surface area (Å²) in [4.78, 5) is 13.1. The smallest absolute Gasteiger partial charge is 0.225 e. The summed E-state index contributed by atoms with van der Waals surface area (Å²) in [5, 5.41) is 0.179. The van der Waals surface area contributed by atoms with Crippen molar-refractivity contribution in [3.8, 4) is 0 Å². The number of hydrogen-bond donors (Lipinski definition) is 0. The number of hydrogen-bond acceptors (Lipinski definition) is 3. The minimum absolute atomic E-state index is 0.0723. The molecule has 1 atom stereocenters. The molecule has 2 fully saturated rings. The van der Waals surface area contributed by atoms with E-state index in [9.17, 15) is 4.79 Å². The molecule has 3 rings (SSSR count). The molecule has 0 unspecified atom stereocenters. The SMILES string of the molecule is O=C(Sc1ccccc1)[C@H]1OC12CCCCC2. The zero-order chi connectivity index (χ0) is 11.7. The number of ether oxygens (including phenoxy) is 1. The molecule has 0 radical (unpaired) electrons. The van der Waals surface area contributed by atoms with Crippen LogP contribution in [0.5, 0.6) is 0 Å². The molecule has 17 heavy (non-hydrogen) atoms. The predicted octanol–water partition coefficient (Wildman–Crippen LogP) is 3.41. The van der Waals surface area contributed by atoms with E-state index in [1.807, 2.05) is 30.3 Å². The van der Waals surface area contributed by atoms with Crippen molar-refractivity contribution in [3.63, 3.8) is 0 Å². The van der Waals surface area contributed by atoms with Gasteiger partial charge in [-0.1, -0.05) is 37.5 Å². The molecule has 0 bridgehead atoms. The maximum atomic E-state index is 12.1. The molecule has 2 nitrogen and oxygen atoms in total. The standard InChI is InChI=1S/C14H16O2S/c15-13(17-11-7-3-1-4-8-11)12-14(16-12)9-5-2-6-10-14/h1,3-4,7-8,12H,2,5-6,9-10H2/t12-/m1/s1. The van der Waals surface area contributed by atoms with Gasteiger partial charge >= 0.3 is 0 Å². The summed E-state index contributed by atoms with van der Waals surface area (Å²) in [6.07, 6.45) is 5.70. The molecule has 3 heteroatoms. The molecule has 1 aliphatic heterocycles. The molecule has 1 heterocycles. The molecular weight excluding hydrogens is 232 g/mol. The number of carbonyl (C=O) groups is 1. The third kappa shape index (κ3) is 2.26.